The van der Waals surface area contributed by atoms with Crippen molar-refractivity contribution in [3.05, 3.63) is 40.4 Å². The Balaban J connectivity index is 2.31. The number of hydrogen-bond acceptors (Lipinski definition) is 2. The lowest BCUT2D eigenvalue weighted by atomic mass is 10.1. The Morgan fingerprint density at radius 3 is 2.75 bits per heavy atom. The zero-order valence-corrected chi connectivity index (χ0v) is 11.9. The number of thiazole rings is 1. The molecule has 1 aromatic carbocycles. The van der Waals surface area contributed by atoms with E-state index in [2.05, 4.69) is 58.3 Å². The smallest absolute Gasteiger partial charge is 0.123 e. The van der Waals surface area contributed by atoms with Gasteiger partial charge in [-0.2, -0.15) is 0 Å². The first-order valence-corrected chi connectivity index (χ1v) is 7.29. The van der Waals surface area contributed by atoms with E-state index in [0.717, 1.165) is 16.8 Å². The van der Waals surface area contributed by atoms with Gasteiger partial charge in [0.2, 0.25) is 0 Å². The molecule has 0 atom stereocenters. The lowest BCUT2D eigenvalue weighted by Gasteiger charge is -2.01. The van der Waals surface area contributed by atoms with E-state index in [1.165, 1.54) is 22.4 Å². The molecule has 0 aliphatic heterocycles. The molecule has 2 rings (SSSR count). The van der Waals surface area contributed by atoms with Gasteiger partial charge in [-0.15, -0.1) is 11.3 Å². The van der Waals surface area contributed by atoms with Gasteiger partial charge in [-0.1, -0.05) is 28.1 Å². The molecule has 0 radical (unpaired) electrons. The first-order valence-electron chi connectivity index (χ1n) is 5.28. The van der Waals surface area contributed by atoms with E-state index in [0.29, 0.717) is 0 Å². The van der Waals surface area contributed by atoms with Crippen LogP contribution in [0.5, 0.6) is 0 Å². The maximum absolute atomic E-state index is 4.63. The van der Waals surface area contributed by atoms with Crippen molar-refractivity contribution in [1.29, 1.82) is 0 Å². The average molecular weight is 296 g/mol. The molecular formula is C13H14BrNS. The molecule has 0 fully saturated rings. The highest BCUT2D eigenvalue weighted by atomic mass is 79.9. The summed E-state index contributed by atoms with van der Waals surface area (Å²) in [6.45, 7) is 4.28. The molecule has 0 spiro atoms. The van der Waals surface area contributed by atoms with Crippen molar-refractivity contribution < 1.29 is 0 Å². The van der Waals surface area contributed by atoms with Gasteiger partial charge in [0.15, 0.2) is 0 Å². The third-order valence-electron chi connectivity index (χ3n) is 2.66. The van der Waals surface area contributed by atoms with Gasteiger partial charge in [0, 0.05) is 22.7 Å². The normalized spacial score (nSPS) is 10.7. The van der Waals surface area contributed by atoms with E-state index in [1.807, 2.05) is 0 Å². The first kappa shape index (κ1) is 11.8. The summed E-state index contributed by atoms with van der Waals surface area (Å²) >= 11 is 5.16. The summed E-state index contributed by atoms with van der Waals surface area (Å²) in [5.41, 5.74) is 5.07. The Morgan fingerprint density at radius 2 is 2.06 bits per heavy atom. The maximum atomic E-state index is 4.63. The second kappa shape index (κ2) is 5.11. The van der Waals surface area contributed by atoms with Crippen molar-refractivity contribution in [2.75, 3.05) is 5.33 Å². The van der Waals surface area contributed by atoms with Crippen LogP contribution in [-0.2, 0) is 6.42 Å². The second-order valence-corrected chi connectivity index (χ2v) is 5.53. The molecule has 1 aromatic heterocycles. The Morgan fingerprint density at radius 1 is 1.25 bits per heavy atom. The molecule has 2 aromatic rings. The summed E-state index contributed by atoms with van der Waals surface area (Å²) < 4.78 is 0. The Bertz CT molecular complexity index is 490. The van der Waals surface area contributed by atoms with E-state index >= 15 is 0 Å². The van der Waals surface area contributed by atoms with Crippen LogP contribution in [0.1, 0.15) is 16.8 Å². The largest absolute Gasteiger partial charge is 0.241 e. The summed E-state index contributed by atoms with van der Waals surface area (Å²) in [5, 5.41) is 4.24. The van der Waals surface area contributed by atoms with Gasteiger partial charge in [-0.05, 0) is 31.0 Å². The van der Waals surface area contributed by atoms with Crippen LogP contribution in [0.4, 0.5) is 0 Å². The zero-order valence-electron chi connectivity index (χ0n) is 9.46. The molecular weight excluding hydrogens is 282 g/mol. The third kappa shape index (κ3) is 2.53. The Hall–Kier alpha value is -0.670. The quantitative estimate of drug-likeness (QED) is 0.767. The van der Waals surface area contributed by atoms with Crippen molar-refractivity contribution in [3.8, 4) is 10.6 Å². The standard InChI is InChI=1S/C13H14BrNS/c1-9-3-4-11(7-10(9)2)13-15-12(5-6-14)8-16-13/h3-4,7-8H,5-6H2,1-2H3. The van der Waals surface area contributed by atoms with E-state index in [-0.39, 0.29) is 0 Å². The summed E-state index contributed by atoms with van der Waals surface area (Å²) in [5.74, 6) is 0. The van der Waals surface area contributed by atoms with Crippen LogP contribution >= 0.6 is 27.3 Å². The molecule has 0 saturated carbocycles. The van der Waals surface area contributed by atoms with Crippen molar-refractivity contribution in [2.45, 2.75) is 20.3 Å². The van der Waals surface area contributed by atoms with Gasteiger partial charge >= 0.3 is 0 Å². The monoisotopic (exact) mass is 295 g/mol. The molecule has 0 amide bonds. The number of rotatable bonds is 3. The number of hydrogen-bond donors (Lipinski definition) is 0. The summed E-state index contributed by atoms with van der Waals surface area (Å²) in [7, 11) is 0. The molecule has 0 unspecified atom stereocenters. The van der Waals surface area contributed by atoms with Crippen LogP contribution in [0.2, 0.25) is 0 Å². The van der Waals surface area contributed by atoms with Crippen molar-refractivity contribution in [1.82, 2.24) is 4.98 Å². The molecule has 1 nitrogen and oxygen atoms in total. The summed E-state index contributed by atoms with van der Waals surface area (Å²) in [6, 6.07) is 6.53. The highest BCUT2D eigenvalue weighted by Crippen LogP contribution is 2.25. The number of halogens is 1. The summed E-state index contributed by atoms with van der Waals surface area (Å²) in [4.78, 5) is 4.63. The minimum atomic E-state index is 0.975. The predicted molar refractivity (Wildman–Crippen MR) is 74.5 cm³/mol. The van der Waals surface area contributed by atoms with Crippen LogP contribution in [0.3, 0.4) is 0 Å². The van der Waals surface area contributed by atoms with Gasteiger partial charge in [0.25, 0.3) is 0 Å². The molecule has 0 N–H and O–H groups in total. The van der Waals surface area contributed by atoms with E-state index in [1.54, 1.807) is 11.3 Å². The van der Waals surface area contributed by atoms with Crippen LogP contribution in [-0.4, -0.2) is 10.3 Å². The number of benzene rings is 1. The highest BCUT2D eigenvalue weighted by Gasteiger charge is 2.05. The first-order chi connectivity index (χ1) is 7.70. The minimum Gasteiger partial charge on any atom is -0.241 e. The number of aromatic nitrogens is 1. The highest BCUT2D eigenvalue weighted by molar-refractivity contribution is 9.09. The molecule has 0 bridgehead atoms. The number of nitrogens with zero attached hydrogens (tertiary/aromatic N) is 1. The average Bonchev–Trinajstić information content (AvgIpc) is 2.71. The van der Waals surface area contributed by atoms with Gasteiger partial charge in [-0.25, -0.2) is 4.98 Å². The van der Waals surface area contributed by atoms with Crippen molar-refractivity contribution in [3.63, 3.8) is 0 Å². The van der Waals surface area contributed by atoms with Gasteiger partial charge in [0.1, 0.15) is 5.01 Å². The van der Waals surface area contributed by atoms with Crippen molar-refractivity contribution >= 4 is 27.3 Å². The Labute approximate surface area is 109 Å². The summed E-state index contributed by atoms with van der Waals surface area (Å²) in [6.07, 6.45) is 1.00. The maximum Gasteiger partial charge on any atom is 0.123 e. The number of alkyl halides is 1. The SMILES string of the molecule is Cc1ccc(-c2nc(CCBr)cs2)cc1C. The van der Waals surface area contributed by atoms with E-state index < -0.39 is 0 Å². The fraction of sp³-hybridized carbons (Fsp3) is 0.308. The van der Waals surface area contributed by atoms with Crippen LogP contribution in [0.15, 0.2) is 23.6 Å². The molecule has 84 valence electrons. The Kier molecular flexibility index (Phi) is 3.77. The van der Waals surface area contributed by atoms with Crippen LogP contribution in [0, 0.1) is 13.8 Å². The molecule has 0 aliphatic rings. The second-order valence-electron chi connectivity index (χ2n) is 3.88. The number of aryl methyl sites for hydroxylation is 3. The fourth-order valence-electron chi connectivity index (χ4n) is 1.53. The molecule has 0 aliphatic carbocycles. The van der Waals surface area contributed by atoms with Crippen molar-refractivity contribution in [2.24, 2.45) is 0 Å². The lowest BCUT2D eigenvalue weighted by Crippen LogP contribution is -1.86. The van der Waals surface area contributed by atoms with Crippen LogP contribution in [0.25, 0.3) is 10.6 Å². The lowest BCUT2D eigenvalue weighted by molar-refractivity contribution is 1.09. The zero-order chi connectivity index (χ0) is 11.5. The third-order valence-corrected chi connectivity index (χ3v) is 3.99. The van der Waals surface area contributed by atoms with Gasteiger partial charge < -0.3 is 0 Å². The van der Waals surface area contributed by atoms with Gasteiger partial charge in [-0.3, -0.25) is 0 Å². The minimum absolute atomic E-state index is 0.975. The van der Waals surface area contributed by atoms with E-state index in [4.69, 9.17) is 0 Å². The molecule has 1 heterocycles. The predicted octanol–water partition coefficient (Wildman–Crippen LogP) is 4.36. The molecule has 0 saturated heterocycles. The topological polar surface area (TPSA) is 12.9 Å². The molecule has 3 heteroatoms. The molecule has 16 heavy (non-hydrogen) atoms. The fourth-order valence-corrected chi connectivity index (χ4v) is 2.78. The van der Waals surface area contributed by atoms with Crippen LogP contribution < -0.4 is 0 Å². The van der Waals surface area contributed by atoms with E-state index in [9.17, 15) is 0 Å². The van der Waals surface area contributed by atoms with Gasteiger partial charge in [0.05, 0.1) is 5.69 Å².